The Morgan fingerprint density at radius 2 is 1.96 bits per heavy atom. The molecule has 1 unspecified atom stereocenters. The molecule has 0 spiro atoms. The number of nitrogens with zero attached hydrogens (tertiary/aromatic N) is 1. The van der Waals surface area contributed by atoms with Crippen molar-refractivity contribution in [3.05, 3.63) is 35.4 Å². The highest BCUT2D eigenvalue weighted by Gasteiger charge is 2.35. The Balaban J connectivity index is 2.05. The van der Waals surface area contributed by atoms with Gasteiger partial charge >= 0.3 is 5.97 Å². The molecule has 1 saturated carbocycles. The Morgan fingerprint density at radius 3 is 2.48 bits per heavy atom. The van der Waals surface area contributed by atoms with Crippen LogP contribution in [-0.4, -0.2) is 42.2 Å². The molecule has 126 valence electrons. The van der Waals surface area contributed by atoms with Gasteiger partial charge in [-0.1, -0.05) is 19.1 Å². The first kappa shape index (κ1) is 17.9. The fourth-order valence-corrected chi connectivity index (χ4v) is 3.04. The number of thioether (sulfide) groups is 1. The van der Waals surface area contributed by atoms with E-state index in [0.29, 0.717) is 18.7 Å². The van der Waals surface area contributed by atoms with Gasteiger partial charge in [0.2, 0.25) is 0 Å². The van der Waals surface area contributed by atoms with Crippen molar-refractivity contribution in [2.45, 2.75) is 38.5 Å². The summed E-state index contributed by atoms with van der Waals surface area (Å²) >= 11 is 1.76. The van der Waals surface area contributed by atoms with Crippen molar-refractivity contribution in [3.63, 3.8) is 0 Å². The summed E-state index contributed by atoms with van der Waals surface area (Å²) in [6, 6.07) is 8.05. The molecule has 1 aromatic carbocycles. The van der Waals surface area contributed by atoms with Gasteiger partial charge in [0.25, 0.3) is 5.91 Å². The molecule has 0 heterocycles. The van der Waals surface area contributed by atoms with E-state index in [4.69, 9.17) is 4.74 Å². The molecule has 0 radical (unpaired) electrons. The van der Waals surface area contributed by atoms with Crippen LogP contribution in [0.3, 0.4) is 0 Å². The minimum atomic E-state index is -0.296. The number of esters is 1. The van der Waals surface area contributed by atoms with E-state index in [-0.39, 0.29) is 23.8 Å². The van der Waals surface area contributed by atoms with Crippen molar-refractivity contribution in [2.24, 2.45) is 5.92 Å². The first-order valence-corrected chi connectivity index (χ1v) is 9.51. The Morgan fingerprint density at radius 1 is 1.30 bits per heavy atom. The predicted octanol–water partition coefficient (Wildman–Crippen LogP) is 3.35. The second-order valence-corrected chi connectivity index (χ2v) is 6.84. The molecule has 1 aliphatic carbocycles. The summed E-state index contributed by atoms with van der Waals surface area (Å²) in [5, 5.41) is 0. The molecule has 1 atom stereocenters. The molecule has 1 fully saturated rings. The summed E-state index contributed by atoms with van der Waals surface area (Å²) in [6.45, 7) is 4.42. The third-order valence-corrected chi connectivity index (χ3v) is 4.54. The predicted molar refractivity (Wildman–Crippen MR) is 93.5 cm³/mol. The third kappa shape index (κ3) is 4.99. The maximum absolute atomic E-state index is 12.8. The van der Waals surface area contributed by atoms with Crippen LogP contribution in [0.15, 0.2) is 24.3 Å². The first-order valence-electron chi connectivity index (χ1n) is 8.12. The number of benzene rings is 1. The van der Waals surface area contributed by atoms with Gasteiger partial charge in [-0.2, -0.15) is 11.8 Å². The van der Waals surface area contributed by atoms with Crippen LogP contribution in [-0.2, 0) is 15.3 Å². The quantitative estimate of drug-likeness (QED) is 0.684. The van der Waals surface area contributed by atoms with Crippen LogP contribution in [0, 0.1) is 5.92 Å². The summed E-state index contributed by atoms with van der Waals surface area (Å²) in [7, 11) is 0. The van der Waals surface area contributed by atoms with Crippen molar-refractivity contribution >= 4 is 23.6 Å². The number of carbonyl (C=O) groups excluding carboxylic acids is 2. The average molecular weight is 335 g/mol. The van der Waals surface area contributed by atoms with Gasteiger partial charge in [0, 0.05) is 23.9 Å². The molecule has 0 aliphatic heterocycles. The van der Waals surface area contributed by atoms with Gasteiger partial charge in [-0.25, -0.2) is 0 Å². The van der Waals surface area contributed by atoms with E-state index in [1.54, 1.807) is 18.7 Å². The minimum Gasteiger partial charge on any atom is -0.466 e. The van der Waals surface area contributed by atoms with Gasteiger partial charge in [0.15, 0.2) is 0 Å². The smallest absolute Gasteiger partial charge is 0.310 e. The molecule has 4 nitrogen and oxygen atoms in total. The third-order valence-electron chi connectivity index (χ3n) is 3.92. The SMILES string of the molecule is CCOC(=O)C(C)CN(C(=O)c1ccc(CSC)cc1)C1CC1. The molecule has 1 aliphatic rings. The summed E-state index contributed by atoms with van der Waals surface area (Å²) in [5.41, 5.74) is 1.91. The first-order chi connectivity index (χ1) is 11.1. The Kier molecular flexibility index (Phi) is 6.51. The molecule has 0 saturated heterocycles. The highest BCUT2D eigenvalue weighted by Crippen LogP contribution is 2.29. The molecule has 0 N–H and O–H groups in total. The fraction of sp³-hybridized carbons (Fsp3) is 0.556. The zero-order chi connectivity index (χ0) is 16.8. The lowest BCUT2D eigenvalue weighted by Crippen LogP contribution is -2.39. The van der Waals surface area contributed by atoms with Crippen LogP contribution in [0.25, 0.3) is 0 Å². The van der Waals surface area contributed by atoms with E-state index in [0.717, 1.165) is 18.6 Å². The van der Waals surface area contributed by atoms with E-state index < -0.39 is 0 Å². The van der Waals surface area contributed by atoms with Gasteiger partial charge in [-0.05, 0) is 43.7 Å². The second kappa shape index (κ2) is 8.39. The lowest BCUT2D eigenvalue weighted by Gasteiger charge is -2.25. The zero-order valence-electron chi connectivity index (χ0n) is 14.1. The maximum atomic E-state index is 12.8. The molecule has 1 amide bonds. The monoisotopic (exact) mass is 335 g/mol. The Bertz CT molecular complexity index is 540. The average Bonchev–Trinajstić information content (AvgIpc) is 3.38. The standard InChI is InChI=1S/C18H25NO3S/c1-4-22-18(21)13(2)11-19(16-9-10-16)17(20)15-7-5-14(6-8-15)12-23-3/h5-8,13,16H,4,9-12H2,1-3H3. The Hall–Kier alpha value is -1.49. The van der Waals surface area contributed by atoms with Gasteiger partial charge in [0.1, 0.15) is 0 Å². The van der Waals surface area contributed by atoms with Crippen LogP contribution in [0.1, 0.15) is 42.6 Å². The van der Waals surface area contributed by atoms with E-state index in [9.17, 15) is 9.59 Å². The lowest BCUT2D eigenvalue weighted by molar-refractivity contribution is -0.147. The fourth-order valence-electron chi connectivity index (χ4n) is 2.51. The molecule has 0 bridgehead atoms. The molecular formula is C18H25NO3S. The van der Waals surface area contributed by atoms with Crippen molar-refractivity contribution in [1.29, 1.82) is 0 Å². The van der Waals surface area contributed by atoms with Crippen LogP contribution >= 0.6 is 11.8 Å². The van der Waals surface area contributed by atoms with Gasteiger partial charge in [-0.15, -0.1) is 0 Å². The lowest BCUT2D eigenvalue weighted by atomic mass is 10.1. The van der Waals surface area contributed by atoms with Crippen LogP contribution in [0.4, 0.5) is 0 Å². The van der Waals surface area contributed by atoms with E-state index in [2.05, 4.69) is 6.26 Å². The highest BCUT2D eigenvalue weighted by molar-refractivity contribution is 7.97. The van der Waals surface area contributed by atoms with Crippen LogP contribution < -0.4 is 0 Å². The van der Waals surface area contributed by atoms with Crippen LogP contribution in [0.2, 0.25) is 0 Å². The number of amides is 1. The summed E-state index contributed by atoms with van der Waals surface area (Å²) in [6.07, 6.45) is 4.10. The zero-order valence-corrected chi connectivity index (χ0v) is 14.9. The number of ether oxygens (including phenoxy) is 1. The van der Waals surface area contributed by atoms with Crippen molar-refractivity contribution in [3.8, 4) is 0 Å². The number of rotatable bonds is 8. The molecule has 0 aromatic heterocycles. The summed E-state index contributed by atoms with van der Waals surface area (Å²) in [4.78, 5) is 26.5. The Labute approximate surface area is 142 Å². The van der Waals surface area contributed by atoms with E-state index in [1.807, 2.05) is 36.1 Å². The molecule has 1 aromatic rings. The van der Waals surface area contributed by atoms with Crippen molar-refractivity contribution in [2.75, 3.05) is 19.4 Å². The van der Waals surface area contributed by atoms with E-state index in [1.165, 1.54) is 5.56 Å². The minimum absolute atomic E-state index is 0.0133. The van der Waals surface area contributed by atoms with Gasteiger partial charge in [0.05, 0.1) is 12.5 Å². The van der Waals surface area contributed by atoms with Crippen molar-refractivity contribution < 1.29 is 14.3 Å². The second-order valence-electron chi connectivity index (χ2n) is 5.97. The summed E-state index contributed by atoms with van der Waals surface area (Å²) < 4.78 is 5.05. The number of hydrogen-bond acceptors (Lipinski definition) is 4. The number of carbonyl (C=O) groups is 2. The molecular weight excluding hydrogens is 310 g/mol. The van der Waals surface area contributed by atoms with Gasteiger partial charge < -0.3 is 9.64 Å². The maximum Gasteiger partial charge on any atom is 0.310 e. The largest absolute Gasteiger partial charge is 0.466 e. The van der Waals surface area contributed by atoms with Crippen LogP contribution in [0.5, 0.6) is 0 Å². The van der Waals surface area contributed by atoms with Gasteiger partial charge in [-0.3, -0.25) is 9.59 Å². The highest BCUT2D eigenvalue weighted by atomic mass is 32.2. The number of hydrogen-bond donors (Lipinski definition) is 0. The topological polar surface area (TPSA) is 46.6 Å². The van der Waals surface area contributed by atoms with E-state index >= 15 is 0 Å². The molecule has 5 heteroatoms. The summed E-state index contributed by atoms with van der Waals surface area (Å²) in [5.74, 6) is 0.427. The molecule has 2 rings (SSSR count). The molecule has 23 heavy (non-hydrogen) atoms. The van der Waals surface area contributed by atoms with Crippen molar-refractivity contribution in [1.82, 2.24) is 4.90 Å². The normalized spacial score (nSPS) is 15.1.